The summed E-state index contributed by atoms with van der Waals surface area (Å²) in [5.74, 6) is 0. The van der Waals surface area contributed by atoms with Gasteiger partial charge in [-0.25, -0.2) is 5.01 Å². The van der Waals surface area contributed by atoms with Gasteiger partial charge in [0.2, 0.25) is 0 Å². The molecule has 0 bridgehead atoms. The molecular formula is C25H26N3+. The zero-order valence-corrected chi connectivity index (χ0v) is 16.1. The first kappa shape index (κ1) is 17.2. The summed E-state index contributed by atoms with van der Waals surface area (Å²) in [7, 11) is 0. The number of fused-ring (bicyclic) bond motifs is 3. The van der Waals surface area contributed by atoms with Crippen molar-refractivity contribution in [3.8, 4) is 11.1 Å². The Morgan fingerprint density at radius 3 is 1.93 bits per heavy atom. The molecule has 1 saturated heterocycles. The summed E-state index contributed by atoms with van der Waals surface area (Å²) in [4.78, 5) is 1.65. The van der Waals surface area contributed by atoms with Crippen LogP contribution in [-0.2, 0) is 0 Å². The molecule has 0 aromatic heterocycles. The van der Waals surface area contributed by atoms with Gasteiger partial charge in [-0.05, 0) is 16.7 Å². The molecule has 1 aliphatic carbocycles. The quantitative estimate of drug-likeness (QED) is 0.738. The highest BCUT2D eigenvalue weighted by atomic mass is 15.5. The number of hydrazine groups is 1. The molecular weight excluding hydrogens is 342 g/mol. The second-order valence-corrected chi connectivity index (χ2v) is 7.71. The Bertz CT molecular complexity index is 942. The van der Waals surface area contributed by atoms with E-state index in [1.807, 2.05) is 6.07 Å². The van der Waals surface area contributed by atoms with Crippen LogP contribution in [0.15, 0.2) is 85.4 Å². The van der Waals surface area contributed by atoms with E-state index in [1.54, 1.807) is 4.90 Å². The Labute approximate surface area is 166 Å². The second kappa shape index (κ2) is 7.27. The number of nitrogens with one attached hydrogen (secondary N) is 2. The summed E-state index contributed by atoms with van der Waals surface area (Å²) in [6.45, 7) is 8.47. The van der Waals surface area contributed by atoms with E-state index in [4.69, 9.17) is 0 Å². The summed E-state index contributed by atoms with van der Waals surface area (Å²) in [5, 5.41) is 2.31. The third kappa shape index (κ3) is 3.03. The number of hydrogen-bond donors (Lipinski definition) is 2. The molecule has 1 aliphatic heterocycles. The van der Waals surface area contributed by atoms with Crippen molar-refractivity contribution in [3.63, 3.8) is 0 Å². The van der Waals surface area contributed by atoms with Crippen LogP contribution in [0, 0.1) is 0 Å². The van der Waals surface area contributed by atoms with Crippen molar-refractivity contribution < 1.29 is 4.90 Å². The van der Waals surface area contributed by atoms with Crippen LogP contribution in [0.4, 0.5) is 0 Å². The Morgan fingerprint density at radius 1 is 0.786 bits per heavy atom. The number of rotatable bonds is 4. The van der Waals surface area contributed by atoms with Gasteiger partial charge in [0.25, 0.3) is 0 Å². The van der Waals surface area contributed by atoms with Gasteiger partial charge in [0.15, 0.2) is 0 Å². The van der Waals surface area contributed by atoms with E-state index >= 15 is 0 Å². The molecule has 0 unspecified atom stereocenters. The lowest BCUT2D eigenvalue weighted by atomic mass is 10.0. The van der Waals surface area contributed by atoms with Crippen molar-refractivity contribution in [2.75, 3.05) is 26.2 Å². The monoisotopic (exact) mass is 368 g/mol. The van der Waals surface area contributed by atoms with Crippen LogP contribution < -0.4 is 10.3 Å². The Morgan fingerprint density at radius 2 is 1.32 bits per heavy atom. The van der Waals surface area contributed by atoms with Gasteiger partial charge in [0, 0.05) is 16.8 Å². The second-order valence-electron chi connectivity index (χ2n) is 7.71. The molecule has 140 valence electrons. The van der Waals surface area contributed by atoms with Crippen molar-refractivity contribution in [1.82, 2.24) is 10.4 Å². The van der Waals surface area contributed by atoms with E-state index in [0.29, 0.717) is 6.04 Å². The predicted octanol–water partition coefficient (Wildman–Crippen LogP) is 3.13. The number of hydrogen-bond acceptors (Lipinski definition) is 2. The highest BCUT2D eigenvalue weighted by Crippen LogP contribution is 2.41. The Kier molecular flexibility index (Phi) is 4.47. The molecule has 5 rings (SSSR count). The van der Waals surface area contributed by atoms with E-state index < -0.39 is 0 Å². The molecule has 3 nitrogen and oxygen atoms in total. The normalized spacial score (nSPS) is 17.1. The van der Waals surface area contributed by atoms with E-state index in [2.05, 4.69) is 89.8 Å². The molecule has 2 aliphatic rings. The van der Waals surface area contributed by atoms with Crippen LogP contribution in [0.25, 0.3) is 16.8 Å². The lowest BCUT2D eigenvalue weighted by molar-refractivity contribution is -0.929. The highest BCUT2D eigenvalue weighted by molar-refractivity contribution is 5.77. The van der Waals surface area contributed by atoms with Crippen LogP contribution in [0.3, 0.4) is 0 Å². The SMILES string of the molecule is C=C(NN1CC[NH+](C2c3ccccc3-c3ccccc32)CC1)c1ccccc1. The molecule has 3 heteroatoms. The molecule has 1 fully saturated rings. The fourth-order valence-corrected chi connectivity index (χ4v) is 4.68. The molecule has 1 heterocycles. The molecule has 0 saturated carbocycles. The fraction of sp³-hybridized carbons (Fsp3) is 0.200. The standard InChI is InChI=1S/C25H25N3/c1-19(20-9-3-2-4-10-20)26-28-17-15-27(16-18-28)25-23-13-7-5-11-21(23)22-12-6-8-14-24(22)25/h2-14,25-26H,1,15-18H2/p+1. The van der Waals surface area contributed by atoms with Gasteiger partial charge >= 0.3 is 0 Å². The number of benzene rings is 3. The number of nitrogens with zero attached hydrogens (tertiary/aromatic N) is 1. The van der Waals surface area contributed by atoms with Crippen LogP contribution >= 0.6 is 0 Å². The maximum Gasteiger partial charge on any atom is 0.140 e. The van der Waals surface area contributed by atoms with Gasteiger partial charge in [0.05, 0.1) is 26.2 Å². The molecule has 0 radical (unpaired) electrons. The fourth-order valence-electron chi connectivity index (χ4n) is 4.68. The molecule has 0 atom stereocenters. The van der Waals surface area contributed by atoms with Crippen molar-refractivity contribution in [2.45, 2.75) is 6.04 Å². The average molecular weight is 369 g/mol. The van der Waals surface area contributed by atoms with Gasteiger partial charge in [-0.15, -0.1) is 0 Å². The first-order valence-electron chi connectivity index (χ1n) is 10.1. The molecule has 2 N–H and O–H groups in total. The van der Waals surface area contributed by atoms with Crippen LogP contribution in [0.5, 0.6) is 0 Å². The summed E-state index contributed by atoms with van der Waals surface area (Å²) in [5.41, 5.74) is 11.4. The van der Waals surface area contributed by atoms with E-state index in [0.717, 1.165) is 37.4 Å². The molecule has 3 aromatic rings. The zero-order chi connectivity index (χ0) is 18.9. The first-order valence-corrected chi connectivity index (χ1v) is 10.1. The molecule has 0 spiro atoms. The van der Waals surface area contributed by atoms with Gasteiger partial charge in [-0.2, -0.15) is 0 Å². The van der Waals surface area contributed by atoms with Crippen LogP contribution in [0.1, 0.15) is 22.7 Å². The van der Waals surface area contributed by atoms with Gasteiger partial charge in [0.1, 0.15) is 6.04 Å². The summed E-state index contributed by atoms with van der Waals surface area (Å²) < 4.78 is 0. The summed E-state index contributed by atoms with van der Waals surface area (Å²) in [6.07, 6.45) is 0. The van der Waals surface area contributed by atoms with Gasteiger partial charge < -0.3 is 10.3 Å². The highest BCUT2D eigenvalue weighted by Gasteiger charge is 2.37. The molecule has 0 amide bonds. The topological polar surface area (TPSA) is 19.7 Å². The van der Waals surface area contributed by atoms with E-state index in [9.17, 15) is 0 Å². The van der Waals surface area contributed by atoms with Gasteiger partial charge in [-0.3, -0.25) is 0 Å². The minimum absolute atomic E-state index is 0.451. The average Bonchev–Trinajstić information content (AvgIpc) is 3.09. The van der Waals surface area contributed by atoms with Crippen LogP contribution in [0.2, 0.25) is 0 Å². The Balaban J connectivity index is 1.30. The van der Waals surface area contributed by atoms with Crippen molar-refractivity contribution in [2.24, 2.45) is 0 Å². The molecule has 28 heavy (non-hydrogen) atoms. The predicted molar refractivity (Wildman–Crippen MR) is 115 cm³/mol. The lowest BCUT2D eigenvalue weighted by Crippen LogP contribution is -3.15. The number of piperazine rings is 1. The summed E-state index contributed by atoms with van der Waals surface area (Å²) >= 11 is 0. The lowest BCUT2D eigenvalue weighted by Gasteiger charge is -2.36. The van der Waals surface area contributed by atoms with Crippen molar-refractivity contribution in [1.29, 1.82) is 0 Å². The summed E-state index contributed by atoms with van der Waals surface area (Å²) in [6, 6.07) is 28.6. The third-order valence-electron chi connectivity index (χ3n) is 6.06. The smallest absolute Gasteiger partial charge is 0.140 e. The zero-order valence-electron chi connectivity index (χ0n) is 16.1. The minimum atomic E-state index is 0.451. The molecule has 3 aromatic carbocycles. The third-order valence-corrected chi connectivity index (χ3v) is 6.06. The first-order chi connectivity index (χ1) is 13.8. The van der Waals surface area contributed by atoms with Crippen LogP contribution in [-0.4, -0.2) is 31.2 Å². The van der Waals surface area contributed by atoms with Crippen molar-refractivity contribution >= 4 is 5.70 Å². The van der Waals surface area contributed by atoms with Crippen molar-refractivity contribution in [3.05, 3.63) is 102 Å². The maximum atomic E-state index is 4.22. The van der Waals surface area contributed by atoms with Gasteiger partial charge in [-0.1, -0.05) is 85.4 Å². The Hall–Kier alpha value is -2.88. The maximum absolute atomic E-state index is 4.22. The van der Waals surface area contributed by atoms with E-state index in [1.165, 1.54) is 22.3 Å². The number of quaternary nitrogens is 1. The largest absolute Gasteiger partial charge is 0.323 e. The minimum Gasteiger partial charge on any atom is -0.323 e. The van der Waals surface area contributed by atoms with E-state index in [-0.39, 0.29) is 0 Å².